The molecule has 0 atom stereocenters. The molecule has 0 aliphatic heterocycles. The van der Waals surface area contributed by atoms with E-state index in [0.717, 1.165) is 26.4 Å². The van der Waals surface area contributed by atoms with Crippen LogP contribution in [-0.2, 0) is 30.9 Å². The largest absolute Gasteiger partial charge is 0.341 e. The maximum atomic E-state index is 5.03. The van der Waals surface area contributed by atoms with Crippen molar-refractivity contribution in [1.29, 1.82) is 0 Å². The van der Waals surface area contributed by atoms with Gasteiger partial charge in [-0.3, -0.25) is 4.98 Å². The fourth-order valence-electron chi connectivity index (χ4n) is 4.94. The Morgan fingerprint density at radius 3 is 2.29 bits per heavy atom. The molecule has 0 saturated carbocycles. The number of rotatable bonds is 0. The summed E-state index contributed by atoms with van der Waals surface area (Å²) in [5.41, 5.74) is 6.45. The quantitative estimate of drug-likeness (QED) is 0.200. The summed E-state index contributed by atoms with van der Waals surface area (Å²) in [6.45, 7) is 14.3. The van der Waals surface area contributed by atoms with Crippen molar-refractivity contribution >= 4 is 43.4 Å². The molecule has 147 valence electrons. The van der Waals surface area contributed by atoms with E-state index in [4.69, 9.17) is 4.98 Å². The average Bonchev–Trinajstić information content (AvgIpc) is 3.02. The van der Waals surface area contributed by atoms with E-state index in [9.17, 15) is 0 Å². The first-order valence-corrected chi connectivity index (χ1v) is 10.3. The molecule has 0 bridgehead atoms. The second-order valence-corrected chi connectivity index (χ2v) is 10.4. The van der Waals surface area contributed by atoms with Crippen LogP contribution >= 0.6 is 15.9 Å². The van der Waals surface area contributed by atoms with E-state index in [0.29, 0.717) is 0 Å². The Balaban J connectivity index is 0.00000192. The maximum absolute atomic E-state index is 5.03. The van der Waals surface area contributed by atoms with Gasteiger partial charge in [0.05, 0.1) is 16.7 Å². The van der Waals surface area contributed by atoms with Gasteiger partial charge in [0.1, 0.15) is 0 Å². The van der Waals surface area contributed by atoms with E-state index >= 15 is 0 Å². The summed E-state index contributed by atoms with van der Waals surface area (Å²) in [5, 5.41) is 2.21. The smallest absolute Gasteiger partial charge is 0.0777 e. The number of imidazole rings is 1. The van der Waals surface area contributed by atoms with E-state index in [1.165, 1.54) is 16.6 Å². The molecular formula is C24H24BrIrN2-. The van der Waals surface area contributed by atoms with E-state index in [-0.39, 0.29) is 36.4 Å². The van der Waals surface area contributed by atoms with Crippen LogP contribution in [0.2, 0.25) is 0 Å². The minimum Gasteiger partial charge on any atom is -0.341 e. The Morgan fingerprint density at radius 2 is 1.61 bits per heavy atom. The molecule has 2 heterocycles. The molecular weight excluding hydrogens is 588 g/mol. The second kappa shape index (κ2) is 5.90. The number of halogens is 1. The molecule has 1 aliphatic carbocycles. The van der Waals surface area contributed by atoms with Gasteiger partial charge in [0.15, 0.2) is 0 Å². The van der Waals surface area contributed by atoms with Crippen LogP contribution in [0.25, 0.3) is 27.5 Å². The molecule has 2 aromatic heterocycles. The van der Waals surface area contributed by atoms with Crippen molar-refractivity contribution in [3.63, 3.8) is 0 Å². The predicted molar refractivity (Wildman–Crippen MR) is 117 cm³/mol. The van der Waals surface area contributed by atoms with Crippen LogP contribution in [0.5, 0.6) is 0 Å². The van der Waals surface area contributed by atoms with E-state index < -0.39 is 0 Å². The predicted octanol–water partition coefficient (Wildman–Crippen LogP) is 6.80. The summed E-state index contributed by atoms with van der Waals surface area (Å²) in [6.07, 6.45) is 2.14. The first kappa shape index (κ1) is 20.1. The van der Waals surface area contributed by atoms with Crippen molar-refractivity contribution in [3.05, 3.63) is 58.2 Å². The molecule has 0 spiro atoms. The molecule has 4 aromatic rings. The van der Waals surface area contributed by atoms with Crippen molar-refractivity contribution < 1.29 is 20.1 Å². The number of benzene rings is 2. The molecule has 1 radical (unpaired) electrons. The van der Waals surface area contributed by atoms with Gasteiger partial charge in [0, 0.05) is 20.1 Å². The van der Waals surface area contributed by atoms with Crippen LogP contribution in [0, 0.1) is 11.5 Å². The van der Waals surface area contributed by atoms with Crippen LogP contribution in [-0.4, -0.2) is 9.38 Å². The second-order valence-electron chi connectivity index (χ2n) is 9.50. The van der Waals surface area contributed by atoms with Gasteiger partial charge in [-0.15, -0.1) is 18.2 Å². The minimum absolute atomic E-state index is 0. The van der Waals surface area contributed by atoms with Crippen LogP contribution in [0.1, 0.15) is 52.7 Å². The van der Waals surface area contributed by atoms with Gasteiger partial charge in [0.25, 0.3) is 0 Å². The summed E-state index contributed by atoms with van der Waals surface area (Å²) < 4.78 is 3.30. The Labute approximate surface area is 188 Å². The van der Waals surface area contributed by atoms with E-state index in [1.54, 1.807) is 0 Å². The molecule has 4 heteroatoms. The molecule has 2 aromatic carbocycles. The van der Waals surface area contributed by atoms with Gasteiger partial charge < -0.3 is 4.40 Å². The fourth-order valence-corrected chi connectivity index (χ4v) is 5.40. The molecule has 1 aliphatic rings. The van der Waals surface area contributed by atoms with Gasteiger partial charge in [-0.2, -0.15) is 0 Å². The van der Waals surface area contributed by atoms with Crippen molar-refractivity contribution in [2.75, 3.05) is 0 Å². The third-order valence-electron chi connectivity index (χ3n) is 7.90. The van der Waals surface area contributed by atoms with Crippen molar-refractivity contribution in [1.82, 2.24) is 9.38 Å². The van der Waals surface area contributed by atoms with Crippen molar-refractivity contribution in [2.24, 2.45) is 5.41 Å². The number of nitrogens with zero attached hydrogens (tertiary/aromatic N) is 2. The first-order valence-electron chi connectivity index (χ1n) is 9.53. The van der Waals surface area contributed by atoms with E-state index in [2.05, 4.69) is 92.3 Å². The monoisotopic (exact) mass is 612 g/mol. The minimum atomic E-state index is 0. The van der Waals surface area contributed by atoms with Gasteiger partial charge in [0.2, 0.25) is 0 Å². The van der Waals surface area contributed by atoms with Crippen LogP contribution in [0.15, 0.2) is 41.0 Å². The van der Waals surface area contributed by atoms with Gasteiger partial charge in [-0.1, -0.05) is 78.8 Å². The number of hydrogen-bond donors (Lipinski definition) is 0. The summed E-state index contributed by atoms with van der Waals surface area (Å²) >= 11 is 3.66. The summed E-state index contributed by atoms with van der Waals surface area (Å²) in [5.74, 6) is 0. The summed E-state index contributed by atoms with van der Waals surface area (Å²) in [6, 6.07) is 14.2. The summed E-state index contributed by atoms with van der Waals surface area (Å²) in [4.78, 5) is 5.03. The van der Waals surface area contributed by atoms with E-state index in [1.807, 2.05) is 12.1 Å². The molecule has 0 fully saturated rings. The number of pyridine rings is 1. The molecule has 0 amide bonds. The number of hydrogen-bond acceptors (Lipinski definition) is 1. The molecule has 2 nitrogen and oxygen atoms in total. The van der Waals surface area contributed by atoms with Crippen molar-refractivity contribution in [3.8, 4) is 0 Å². The zero-order chi connectivity index (χ0) is 19.4. The Morgan fingerprint density at radius 1 is 0.964 bits per heavy atom. The topological polar surface area (TPSA) is 17.3 Å². The maximum Gasteiger partial charge on any atom is 0.0777 e. The molecule has 0 N–H and O–H groups in total. The third kappa shape index (κ3) is 2.20. The van der Waals surface area contributed by atoms with Gasteiger partial charge in [-0.25, -0.2) is 0 Å². The van der Waals surface area contributed by atoms with Crippen molar-refractivity contribution in [2.45, 2.75) is 52.4 Å². The van der Waals surface area contributed by atoms with Gasteiger partial charge in [-0.05, 0) is 45.7 Å². The van der Waals surface area contributed by atoms with Crippen LogP contribution in [0.4, 0.5) is 0 Å². The Bertz CT molecular complexity index is 1260. The average molecular weight is 613 g/mol. The van der Waals surface area contributed by atoms with Crippen LogP contribution < -0.4 is 0 Å². The summed E-state index contributed by atoms with van der Waals surface area (Å²) in [7, 11) is 0. The standard InChI is InChI=1S/C24H24BrN2.Ir/c1-22(2)16-12-19-20(13-17(16)23(3,4)24(22,5)6)27-11-10-14-15(21(27)26-19)8-7-9-18(14)25;/h7,9-13H,1-6H3;/q-1;. The molecule has 0 saturated heterocycles. The molecule has 28 heavy (non-hydrogen) atoms. The normalized spacial score (nSPS) is 19.1. The Hall–Kier alpha value is -1.22. The third-order valence-corrected chi connectivity index (χ3v) is 8.59. The zero-order valence-electron chi connectivity index (χ0n) is 17.1. The SMILES string of the molecule is CC1(C)c2cc3nc4c5[c-]ccc(Br)c5ccn4c3cc2C(C)(C)C1(C)C.[Ir]. The number of aromatic nitrogens is 2. The Kier molecular flexibility index (Phi) is 4.23. The molecule has 5 rings (SSSR count). The van der Waals surface area contributed by atoms with Crippen LogP contribution in [0.3, 0.4) is 0 Å². The zero-order valence-corrected chi connectivity index (χ0v) is 21.1. The first-order chi connectivity index (χ1) is 12.6. The van der Waals surface area contributed by atoms with Gasteiger partial charge >= 0.3 is 0 Å². The molecule has 0 unspecified atom stereocenters. The number of fused-ring (bicyclic) bond motifs is 6. The fraction of sp³-hybridized carbons (Fsp3) is 0.375.